The lowest BCUT2D eigenvalue weighted by atomic mass is 10.1. The van der Waals surface area contributed by atoms with Gasteiger partial charge >= 0.3 is 11.8 Å². The lowest BCUT2D eigenvalue weighted by molar-refractivity contribution is -0.385. The van der Waals surface area contributed by atoms with Crippen molar-refractivity contribution in [2.24, 2.45) is 0 Å². The molecular formula is C18H22N4O5S. The lowest BCUT2D eigenvalue weighted by Crippen LogP contribution is -2.54. The van der Waals surface area contributed by atoms with E-state index in [-0.39, 0.29) is 37.4 Å². The van der Waals surface area contributed by atoms with Crippen molar-refractivity contribution < 1.29 is 19.3 Å². The number of nitro benzene ring substituents is 1. The number of nitrogens with zero attached hydrogens (tertiary/aromatic N) is 4. The zero-order valence-electron chi connectivity index (χ0n) is 15.6. The number of nitro groups is 1. The number of rotatable bonds is 3. The summed E-state index contributed by atoms with van der Waals surface area (Å²) in [6, 6.07) is 4.48. The summed E-state index contributed by atoms with van der Waals surface area (Å²) in [6.45, 7) is 2.16. The van der Waals surface area contributed by atoms with Gasteiger partial charge in [-0.2, -0.15) is 0 Å². The molecule has 0 saturated carbocycles. The van der Waals surface area contributed by atoms with Gasteiger partial charge in [0.05, 0.1) is 4.92 Å². The van der Waals surface area contributed by atoms with Gasteiger partial charge in [0, 0.05) is 50.2 Å². The Hall–Kier alpha value is -2.62. The Bertz CT molecular complexity index is 801. The maximum absolute atomic E-state index is 12.8. The van der Waals surface area contributed by atoms with E-state index in [2.05, 4.69) is 0 Å². The summed E-state index contributed by atoms with van der Waals surface area (Å²) in [4.78, 5) is 53.5. The molecule has 9 nitrogen and oxygen atoms in total. The van der Waals surface area contributed by atoms with Crippen molar-refractivity contribution in [3.05, 3.63) is 33.9 Å². The minimum Gasteiger partial charge on any atom is -0.335 e. The molecule has 2 aliphatic heterocycles. The fourth-order valence-electron chi connectivity index (χ4n) is 3.45. The standard InChI is InChI=1S/C18H22N4O5S/c1-28-13-4-5-15(22(26)27)14(12-13)16(23)20-8-10-21(11-9-20)18(25)17(24)19-6-2-3-7-19/h4-5,12H,2-3,6-11H2,1H3. The predicted molar refractivity (Wildman–Crippen MR) is 103 cm³/mol. The van der Waals surface area contributed by atoms with Gasteiger partial charge in [0.15, 0.2) is 0 Å². The zero-order chi connectivity index (χ0) is 20.3. The minimum atomic E-state index is -0.564. The molecule has 0 aromatic heterocycles. The molecule has 0 bridgehead atoms. The van der Waals surface area contributed by atoms with Crippen LogP contribution >= 0.6 is 11.8 Å². The molecule has 10 heteroatoms. The van der Waals surface area contributed by atoms with Crippen molar-refractivity contribution in [2.45, 2.75) is 17.7 Å². The number of hydrogen-bond donors (Lipinski definition) is 0. The summed E-state index contributed by atoms with van der Waals surface area (Å²) >= 11 is 1.40. The molecule has 0 atom stereocenters. The van der Waals surface area contributed by atoms with E-state index in [1.165, 1.54) is 33.7 Å². The molecule has 150 valence electrons. The highest BCUT2D eigenvalue weighted by atomic mass is 32.2. The number of piperazine rings is 1. The van der Waals surface area contributed by atoms with Crippen molar-refractivity contribution in [1.82, 2.24) is 14.7 Å². The fourth-order valence-corrected chi connectivity index (χ4v) is 3.89. The van der Waals surface area contributed by atoms with E-state index in [1.807, 2.05) is 6.26 Å². The summed E-state index contributed by atoms with van der Waals surface area (Å²) in [7, 11) is 0. The Morgan fingerprint density at radius 3 is 2.00 bits per heavy atom. The van der Waals surface area contributed by atoms with E-state index in [0.717, 1.165) is 17.7 Å². The Balaban J connectivity index is 1.66. The molecule has 0 spiro atoms. The average Bonchev–Trinajstić information content (AvgIpc) is 3.26. The first-order valence-corrected chi connectivity index (χ1v) is 10.3. The van der Waals surface area contributed by atoms with Crippen LogP contribution in [0.25, 0.3) is 0 Å². The van der Waals surface area contributed by atoms with Crippen LogP contribution in [0.4, 0.5) is 5.69 Å². The Morgan fingerprint density at radius 1 is 0.929 bits per heavy atom. The molecule has 0 radical (unpaired) electrons. The maximum atomic E-state index is 12.8. The normalized spacial score (nSPS) is 17.0. The molecule has 0 N–H and O–H groups in total. The second-order valence-corrected chi connectivity index (χ2v) is 7.60. The van der Waals surface area contributed by atoms with Crippen LogP contribution < -0.4 is 0 Å². The molecular weight excluding hydrogens is 384 g/mol. The van der Waals surface area contributed by atoms with Gasteiger partial charge in [0.1, 0.15) is 5.56 Å². The third-order valence-electron chi connectivity index (χ3n) is 5.06. The number of carbonyl (C=O) groups is 3. The molecule has 2 heterocycles. The third kappa shape index (κ3) is 4.11. The van der Waals surface area contributed by atoms with Crippen LogP contribution in [0.2, 0.25) is 0 Å². The number of amides is 3. The van der Waals surface area contributed by atoms with Crippen LogP contribution in [0.1, 0.15) is 23.2 Å². The second kappa shape index (κ2) is 8.59. The topological polar surface area (TPSA) is 104 Å². The Labute approximate surface area is 166 Å². The second-order valence-electron chi connectivity index (χ2n) is 6.72. The monoisotopic (exact) mass is 406 g/mol. The zero-order valence-corrected chi connectivity index (χ0v) is 16.4. The SMILES string of the molecule is CSc1ccc([N+](=O)[O-])c(C(=O)N2CCN(C(=O)C(=O)N3CCCC3)CC2)c1. The maximum Gasteiger partial charge on any atom is 0.312 e. The van der Waals surface area contributed by atoms with Crippen LogP contribution in [-0.2, 0) is 9.59 Å². The van der Waals surface area contributed by atoms with Gasteiger partial charge in [-0.25, -0.2) is 0 Å². The molecule has 0 aliphatic carbocycles. The lowest BCUT2D eigenvalue weighted by Gasteiger charge is -2.35. The van der Waals surface area contributed by atoms with Crippen molar-refractivity contribution in [3.63, 3.8) is 0 Å². The van der Waals surface area contributed by atoms with E-state index in [0.29, 0.717) is 13.1 Å². The highest BCUT2D eigenvalue weighted by Crippen LogP contribution is 2.26. The van der Waals surface area contributed by atoms with Gasteiger partial charge in [-0.1, -0.05) is 0 Å². The average molecular weight is 406 g/mol. The van der Waals surface area contributed by atoms with E-state index in [4.69, 9.17) is 0 Å². The summed E-state index contributed by atoms with van der Waals surface area (Å²) in [5, 5.41) is 11.3. The quantitative estimate of drug-likeness (QED) is 0.324. The molecule has 2 fully saturated rings. The number of carbonyl (C=O) groups excluding carboxylic acids is 3. The van der Waals surface area contributed by atoms with E-state index >= 15 is 0 Å². The number of likely N-dealkylation sites (tertiary alicyclic amines) is 1. The highest BCUT2D eigenvalue weighted by molar-refractivity contribution is 7.98. The van der Waals surface area contributed by atoms with Gasteiger partial charge in [-0.3, -0.25) is 24.5 Å². The van der Waals surface area contributed by atoms with Crippen LogP contribution in [0.3, 0.4) is 0 Å². The van der Waals surface area contributed by atoms with E-state index in [9.17, 15) is 24.5 Å². The van der Waals surface area contributed by atoms with Gasteiger partial charge in [0.25, 0.3) is 11.6 Å². The van der Waals surface area contributed by atoms with Gasteiger partial charge in [0.2, 0.25) is 0 Å². The molecule has 28 heavy (non-hydrogen) atoms. The van der Waals surface area contributed by atoms with Crippen LogP contribution in [-0.4, -0.2) is 82.9 Å². The molecule has 2 aliphatic rings. The Kier molecular flexibility index (Phi) is 6.18. The van der Waals surface area contributed by atoms with Crippen LogP contribution in [0.15, 0.2) is 23.1 Å². The molecule has 2 saturated heterocycles. The Morgan fingerprint density at radius 2 is 1.46 bits per heavy atom. The van der Waals surface area contributed by atoms with Crippen molar-refractivity contribution >= 4 is 35.2 Å². The first-order valence-electron chi connectivity index (χ1n) is 9.12. The van der Waals surface area contributed by atoms with Crippen LogP contribution in [0.5, 0.6) is 0 Å². The van der Waals surface area contributed by atoms with Crippen LogP contribution in [0, 0.1) is 10.1 Å². The van der Waals surface area contributed by atoms with Gasteiger partial charge in [-0.15, -0.1) is 11.8 Å². The first-order chi connectivity index (χ1) is 13.4. The van der Waals surface area contributed by atoms with Crippen molar-refractivity contribution in [3.8, 4) is 0 Å². The van der Waals surface area contributed by atoms with Gasteiger partial charge < -0.3 is 14.7 Å². The molecule has 0 unspecified atom stereocenters. The van der Waals surface area contributed by atoms with Crippen molar-refractivity contribution in [2.75, 3.05) is 45.5 Å². The third-order valence-corrected chi connectivity index (χ3v) is 5.79. The molecule has 3 amide bonds. The summed E-state index contributed by atoms with van der Waals surface area (Å²) in [5.74, 6) is -1.45. The molecule has 1 aromatic carbocycles. The highest BCUT2D eigenvalue weighted by Gasteiger charge is 2.33. The number of thioether (sulfide) groups is 1. The molecule has 3 rings (SSSR count). The van der Waals surface area contributed by atoms with Gasteiger partial charge in [-0.05, 0) is 31.2 Å². The largest absolute Gasteiger partial charge is 0.335 e. The van der Waals surface area contributed by atoms with E-state index in [1.54, 1.807) is 11.0 Å². The predicted octanol–water partition coefficient (Wildman–Crippen LogP) is 1.22. The number of benzene rings is 1. The first kappa shape index (κ1) is 20.1. The summed E-state index contributed by atoms with van der Waals surface area (Å²) in [6.07, 6.45) is 3.65. The minimum absolute atomic E-state index is 0.0461. The molecule has 1 aromatic rings. The smallest absolute Gasteiger partial charge is 0.312 e. The summed E-state index contributed by atoms with van der Waals surface area (Å²) in [5.41, 5.74) is -0.185. The number of hydrogen-bond acceptors (Lipinski definition) is 6. The summed E-state index contributed by atoms with van der Waals surface area (Å²) < 4.78 is 0. The van der Waals surface area contributed by atoms with E-state index < -0.39 is 22.6 Å². The fraction of sp³-hybridized carbons (Fsp3) is 0.500. The van der Waals surface area contributed by atoms with Crippen molar-refractivity contribution in [1.29, 1.82) is 0 Å².